The van der Waals surface area contributed by atoms with Crippen molar-refractivity contribution in [1.29, 1.82) is 0 Å². The number of hydrogen-bond donors (Lipinski definition) is 1. The highest BCUT2D eigenvalue weighted by Gasteiger charge is 2.40. The summed E-state index contributed by atoms with van der Waals surface area (Å²) < 4.78 is 13.9. The zero-order valence-electron chi connectivity index (χ0n) is 11.3. The van der Waals surface area contributed by atoms with Gasteiger partial charge < -0.3 is 5.32 Å². The summed E-state index contributed by atoms with van der Waals surface area (Å²) in [4.78, 5) is 10.0. The lowest BCUT2D eigenvalue weighted by Gasteiger charge is -2.16. The Morgan fingerprint density at radius 3 is 2.50 bits per heavy atom. The minimum absolute atomic E-state index is 0.365. The average molecular weight is 278 g/mol. The van der Waals surface area contributed by atoms with Crippen LogP contribution in [-0.4, -0.2) is 11.5 Å². The summed E-state index contributed by atoms with van der Waals surface area (Å²) in [5.74, 6) is 1.71. The Balaban J connectivity index is 1.57. The summed E-state index contributed by atoms with van der Waals surface area (Å²) in [6.45, 7) is 1.26. The SMILES string of the molecule is O=[N+]([O-])c1cccc(CNCC(C2CC2)C2CC2)c1F. The molecule has 3 rings (SSSR count). The van der Waals surface area contributed by atoms with Crippen molar-refractivity contribution < 1.29 is 9.31 Å². The fraction of sp³-hybridized carbons (Fsp3) is 0.600. The van der Waals surface area contributed by atoms with Crippen LogP contribution < -0.4 is 5.32 Å². The van der Waals surface area contributed by atoms with Crippen LogP contribution in [0.4, 0.5) is 10.1 Å². The number of nitro groups is 1. The molecule has 0 aromatic heterocycles. The largest absolute Gasteiger partial charge is 0.312 e. The molecule has 2 fully saturated rings. The molecular weight excluding hydrogens is 259 g/mol. The van der Waals surface area contributed by atoms with Crippen LogP contribution in [0, 0.1) is 33.7 Å². The maximum atomic E-state index is 13.9. The Kier molecular flexibility index (Phi) is 3.70. The van der Waals surface area contributed by atoms with Crippen LogP contribution in [-0.2, 0) is 6.54 Å². The monoisotopic (exact) mass is 278 g/mol. The lowest BCUT2D eigenvalue weighted by atomic mass is 9.98. The third-order valence-electron chi connectivity index (χ3n) is 4.41. The van der Waals surface area contributed by atoms with E-state index in [2.05, 4.69) is 5.32 Å². The quantitative estimate of drug-likeness (QED) is 0.615. The van der Waals surface area contributed by atoms with Crippen LogP contribution in [0.1, 0.15) is 31.2 Å². The van der Waals surface area contributed by atoms with Gasteiger partial charge in [0.2, 0.25) is 5.82 Å². The number of nitro benzene ring substituents is 1. The second-order valence-corrected chi connectivity index (χ2v) is 5.98. The van der Waals surface area contributed by atoms with Gasteiger partial charge in [0.05, 0.1) is 4.92 Å². The first-order valence-electron chi connectivity index (χ1n) is 7.29. The molecule has 2 saturated carbocycles. The maximum absolute atomic E-state index is 13.9. The van der Waals surface area contributed by atoms with Crippen molar-refractivity contribution in [2.24, 2.45) is 17.8 Å². The lowest BCUT2D eigenvalue weighted by Crippen LogP contribution is -2.25. The molecule has 0 atom stereocenters. The smallest absolute Gasteiger partial charge is 0.305 e. The fourth-order valence-electron chi connectivity index (χ4n) is 2.98. The van der Waals surface area contributed by atoms with Crippen molar-refractivity contribution in [2.75, 3.05) is 6.54 Å². The first kappa shape index (κ1) is 13.5. The van der Waals surface area contributed by atoms with Crippen LogP contribution in [0.15, 0.2) is 18.2 Å². The summed E-state index contributed by atoms with van der Waals surface area (Å²) in [6.07, 6.45) is 5.31. The van der Waals surface area contributed by atoms with E-state index in [0.717, 1.165) is 24.3 Å². The number of rotatable bonds is 7. The first-order valence-corrected chi connectivity index (χ1v) is 7.29. The maximum Gasteiger partial charge on any atom is 0.305 e. The van der Waals surface area contributed by atoms with Gasteiger partial charge >= 0.3 is 5.69 Å². The third kappa shape index (κ3) is 2.98. The molecule has 2 aliphatic carbocycles. The van der Waals surface area contributed by atoms with Gasteiger partial charge in [-0.25, -0.2) is 0 Å². The molecule has 1 aromatic rings. The molecule has 0 heterocycles. The van der Waals surface area contributed by atoms with Crippen LogP contribution >= 0.6 is 0 Å². The minimum Gasteiger partial charge on any atom is -0.312 e. The van der Waals surface area contributed by atoms with Gasteiger partial charge in [-0.1, -0.05) is 12.1 Å². The van der Waals surface area contributed by atoms with Gasteiger partial charge in [-0.15, -0.1) is 0 Å². The Hall–Kier alpha value is -1.49. The van der Waals surface area contributed by atoms with Gasteiger partial charge in [-0.3, -0.25) is 10.1 Å². The van der Waals surface area contributed by atoms with Crippen molar-refractivity contribution in [1.82, 2.24) is 5.32 Å². The molecule has 108 valence electrons. The molecule has 0 radical (unpaired) electrons. The Bertz CT molecular complexity index is 501. The van der Waals surface area contributed by atoms with Gasteiger partial charge in [0.15, 0.2) is 0 Å². The summed E-state index contributed by atoms with van der Waals surface area (Å²) in [5.41, 5.74) is -0.0604. The predicted molar refractivity (Wildman–Crippen MR) is 73.7 cm³/mol. The average Bonchev–Trinajstić information content (AvgIpc) is 3.27. The first-order chi connectivity index (χ1) is 9.66. The standard InChI is InChI=1S/C15H19FN2O2/c16-15-12(2-1-3-14(15)18(19)20)8-17-9-13(10-4-5-10)11-6-7-11/h1-3,10-11,13,17H,4-9H2. The van der Waals surface area contributed by atoms with E-state index in [1.165, 1.54) is 37.8 Å². The number of nitrogens with one attached hydrogen (secondary N) is 1. The number of benzene rings is 1. The zero-order valence-corrected chi connectivity index (χ0v) is 11.3. The van der Waals surface area contributed by atoms with Crippen LogP contribution in [0.5, 0.6) is 0 Å². The van der Waals surface area contributed by atoms with E-state index in [1.54, 1.807) is 6.07 Å². The Morgan fingerprint density at radius 1 is 1.30 bits per heavy atom. The molecule has 0 unspecified atom stereocenters. The summed E-state index contributed by atoms with van der Waals surface area (Å²) in [5, 5.41) is 14.0. The molecule has 0 spiro atoms. The molecule has 0 amide bonds. The molecule has 4 nitrogen and oxygen atoms in total. The van der Waals surface area contributed by atoms with Gasteiger partial charge in [-0.2, -0.15) is 4.39 Å². The van der Waals surface area contributed by atoms with Crippen molar-refractivity contribution >= 4 is 5.69 Å². The molecule has 1 N–H and O–H groups in total. The van der Waals surface area contributed by atoms with Gasteiger partial charge in [0.1, 0.15) is 0 Å². The molecule has 5 heteroatoms. The molecule has 0 bridgehead atoms. The van der Waals surface area contributed by atoms with Gasteiger partial charge in [0.25, 0.3) is 0 Å². The minimum atomic E-state index is -0.709. The number of halogens is 1. The van der Waals surface area contributed by atoms with Crippen molar-refractivity contribution in [2.45, 2.75) is 32.2 Å². The second kappa shape index (κ2) is 5.48. The topological polar surface area (TPSA) is 55.2 Å². The molecule has 2 aliphatic rings. The lowest BCUT2D eigenvalue weighted by molar-refractivity contribution is -0.387. The molecular formula is C15H19FN2O2. The normalized spacial score (nSPS) is 18.5. The third-order valence-corrected chi connectivity index (χ3v) is 4.41. The summed E-state index contributed by atoms with van der Waals surface area (Å²) in [6, 6.07) is 4.35. The van der Waals surface area contributed by atoms with E-state index >= 15 is 0 Å². The molecule has 20 heavy (non-hydrogen) atoms. The number of hydrogen-bond acceptors (Lipinski definition) is 3. The highest BCUT2D eigenvalue weighted by molar-refractivity contribution is 5.36. The van der Waals surface area contributed by atoms with Crippen LogP contribution in [0.2, 0.25) is 0 Å². The van der Waals surface area contributed by atoms with Gasteiger partial charge in [-0.05, 0) is 50.0 Å². The van der Waals surface area contributed by atoms with E-state index in [9.17, 15) is 14.5 Å². The van der Waals surface area contributed by atoms with Crippen molar-refractivity contribution in [3.05, 3.63) is 39.7 Å². The van der Waals surface area contributed by atoms with E-state index in [0.29, 0.717) is 12.1 Å². The van der Waals surface area contributed by atoms with E-state index < -0.39 is 16.4 Å². The van der Waals surface area contributed by atoms with Crippen molar-refractivity contribution in [3.8, 4) is 0 Å². The molecule has 1 aromatic carbocycles. The Morgan fingerprint density at radius 2 is 1.95 bits per heavy atom. The highest BCUT2D eigenvalue weighted by Crippen LogP contribution is 2.48. The summed E-state index contributed by atoms with van der Waals surface area (Å²) >= 11 is 0. The van der Waals surface area contributed by atoms with Crippen LogP contribution in [0.3, 0.4) is 0 Å². The van der Waals surface area contributed by atoms with Gasteiger partial charge in [0, 0.05) is 18.2 Å². The highest BCUT2D eigenvalue weighted by atomic mass is 19.1. The fourth-order valence-corrected chi connectivity index (χ4v) is 2.98. The van der Waals surface area contributed by atoms with Crippen molar-refractivity contribution in [3.63, 3.8) is 0 Å². The van der Waals surface area contributed by atoms with Crippen LogP contribution in [0.25, 0.3) is 0 Å². The molecule has 0 saturated heterocycles. The zero-order chi connectivity index (χ0) is 14.1. The number of nitrogens with zero attached hydrogens (tertiary/aromatic N) is 1. The molecule has 0 aliphatic heterocycles. The van der Waals surface area contributed by atoms with E-state index in [4.69, 9.17) is 0 Å². The Labute approximate surface area is 117 Å². The van der Waals surface area contributed by atoms with E-state index in [1.807, 2.05) is 0 Å². The predicted octanol–water partition coefficient (Wildman–Crippen LogP) is 3.26. The second-order valence-electron chi connectivity index (χ2n) is 5.98. The van der Waals surface area contributed by atoms with E-state index in [-0.39, 0.29) is 0 Å². The summed E-state index contributed by atoms with van der Waals surface area (Å²) in [7, 11) is 0.